The van der Waals surface area contributed by atoms with E-state index in [-0.39, 0.29) is 48.2 Å². The summed E-state index contributed by atoms with van der Waals surface area (Å²) in [5.41, 5.74) is 2.53. The van der Waals surface area contributed by atoms with Gasteiger partial charge in [0.25, 0.3) is 0 Å². The first-order valence-electron chi connectivity index (χ1n) is 11.6. The number of benzene rings is 2. The van der Waals surface area contributed by atoms with Crippen LogP contribution in [-0.4, -0.2) is 42.7 Å². The van der Waals surface area contributed by atoms with E-state index < -0.39 is 12.0 Å². The predicted octanol–water partition coefficient (Wildman–Crippen LogP) is 3.51. The number of Topliss-reactive ketones (excluding diaryl/α,β-unsaturated/α-hetero) is 1. The number of hydrogen-bond donors (Lipinski definition) is 1. The molecule has 0 bridgehead atoms. The van der Waals surface area contributed by atoms with Gasteiger partial charge >= 0.3 is 0 Å². The second-order valence-corrected chi connectivity index (χ2v) is 10.2. The van der Waals surface area contributed by atoms with E-state index in [1.807, 2.05) is 32.9 Å². The molecule has 2 aliphatic heterocycles. The number of carbonyl (C=O) groups is 3. The number of nitrogens with one attached hydrogen (secondary N) is 1. The zero-order chi connectivity index (χ0) is 24.6. The van der Waals surface area contributed by atoms with Gasteiger partial charge in [-0.25, -0.2) is 4.39 Å². The molecule has 0 radical (unpaired) electrons. The zero-order valence-corrected chi connectivity index (χ0v) is 20.1. The highest BCUT2D eigenvalue weighted by atomic mass is 19.1. The largest absolute Gasteiger partial charge is 0.497 e. The first-order valence-corrected chi connectivity index (χ1v) is 11.6. The van der Waals surface area contributed by atoms with E-state index >= 15 is 0 Å². The van der Waals surface area contributed by atoms with Crippen LogP contribution < -0.4 is 10.1 Å². The Morgan fingerprint density at radius 3 is 2.56 bits per heavy atom. The third kappa shape index (κ3) is 4.69. The Morgan fingerprint density at radius 1 is 1.18 bits per heavy atom. The molecule has 0 unspecified atom stereocenters. The molecule has 2 aromatic carbocycles. The highest BCUT2D eigenvalue weighted by Crippen LogP contribution is 2.35. The summed E-state index contributed by atoms with van der Waals surface area (Å²) in [5.74, 6) is -0.666. The average molecular weight is 467 g/mol. The molecule has 4 rings (SSSR count). The van der Waals surface area contributed by atoms with Crippen LogP contribution in [0.1, 0.15) is 55.5 Å². The third-order valence-corrected chi connectivity index (χ3v) is 6.71. The number of carbonyl (C=O) groups excluding carboxylic acids is 3. The molecule has 0 aromatic heterocycles. The van der Waals surface area contributed by atoms with E-state index in [4.69, 9.17) is 4.74 Å². The van der Waals surface area contributed by atoms with Gasteiger partial charge in [-0.15, -0.1) is 0 Å². The van der Waals surface area contributed by atoms with Gasteiger partial charge in [0.05, 0.1) is 13.0 Å². The molecule has 0 aliphatic carbocycles. The Balaban J connectivity index is 1.66. The molecule has 2 atom stereocenters. The van der Waals surface area contributed by atoms with E-state index in [0.717, 1.165) is 11.1 Å². The monoisotopic (exact) mass is 466 g/mol. The van der Waals surface area contributed by atoms with Gasteiger partial charge in [0, 0.05) is 25.9 Å². The van der Waals surface area contributed by atoms with E-state index in [9.17, 15) is 18.8 Å². The first-order chi connectivity index (χ1) is 16.1. The van der Waals surface area contributed by atoms with Crippen LogP contribution in [0.25, 0.3) is 0 Å². The number of methoxy groups -OCH3 is 1. The number of ketones is 1. The maximum Gasteiger partial charge on any atom is 0.228 e. The molecule has 0 saturated carbocycles. The number of ether oxygens (including phenoxy) is 1. The molecule has 2 heterocycles. The number of halogens is 1. The second kappa shape index (κ2) is 9.20. The lowest BCUT2D eigenvalue weighted by atomic mass is 9.84. The molecule has 7 heteroatoms. The van der Waals surface area contributed by atoms with Gasteiger partial charge in [-0.2, -0.15) is 0 Å². The fraction of sp³-hybridized carbons (Fsp3) is 0.444. The van der Waals surface area contributed by atoms with Crippen molar-refractivity contribution in [3.8, 4) is 5.75 Å². The summed E-state index contributed by atoms with van der Waals surface area (Å²) >= 11 is 0. The van der Waals surface area contributed by atoms with Crippen LogP contribution in [0.4, 0.5) is 4.39 Å². The van der Waals surface area contributed by atoms with Crippen molar-refractivity contribution in [1.82, 2.24) is 10.2 Å². The second-order valence-electron chi connectivity index (χ2n) is 10.2. The first kappa shape index (κ1) is 23.9. The van der Waals surface area contributed by atoms with E-state index in [0.29, 0.717) is 29.8 Å². The number of rotatable bonds is 5. The smallest absolute Gasteiger partial charge is 0.228 e. The van der Waals surface area contributed by atoms with Crippen LogP contribution >= 0.6 is 0 Å². The molecule has 6 nitrogen and oxygen atoms in total. The van der Waals surface area contributed by atoms with Gasteiger partial charge in [0.1, 0.15) is 17.6 Å². The van der Waals surface area contributed by atoms with Gasteiger partial charge in [-0.05, 0) is 52.3 Å². The Hall–Kier alpha value is -3.22. The Morgan fingerprint density at radius 2 is 1.94 bits per heavy atom. The highest BCUT2D eigenvalue weighted by molar-refractivity contribution is 5.95. The summed E-state index contributed by atoms with van der Waals surface area (Å²) in [7, 11) is 1.59. The third-order valence-electron chi connectivity index (χ3n) is 6.71. The molecule has 0 spiro atoms. The van der Waals surface area contributed by atoms with Crippen LogP contribution in [-0.2, 0) is 32.6 Å². The van der Waals surface area contributed by atoms with Gasteiger partial charge in [0.2, 0.25) is 11.8 Å². The maximum absolute atomic E-state index is 14.8. The Bertz CT molecular complexity index is 1140. The summed E-state index contributed by atoms with van der Waals surface area (Å²) in [6, 6.07) is 9.66. The van der Waals surface area contributed by atoms with Crippen molar-refractivity contribution >= 4 is 17.6 Å². The van der Waals surface area contributed by atoms with Crippen LogP contribution in [0, 0.1) is 11.7 Å². The molecule has 2 amide bonds. The highest BCUT2D eigenvalue weighted by Gasteiger charge is 2.40. The van der Waals surface area contributed by atoms with Crippen LogP contribution in [0.2, 0.25) is 0 Å². The molecule has 2 aliphatic rings. The fourth-order valence-electron chi connectivity index (χ4n) is 4.90. The van der Waals surface area contributed by atoms with Crippen molar-refractivity contribution < 1.29 is 23.5 Å². The minimum Gasteiger partial charge on any atom is -0.497 e. The lowest BCUT2D eigenvalue weighted by Gasteiger charge is -2.38. The number of fused-ring (bicyclic) bond motifs is 1. The molecule has 34 heavy (non-hydrogen) atoms. The van der Waals surface area contributed by atoms with Gasteiger partial charge in [-0.1, -0.05) is 39.0 Å². The van der Waals surface area contributed by atoms with Gasteiger partial charge < -0.3 is 15.0 Å². The van der Waals surface area contributed by atoms with Crippen LogP contribution in [0.3, 0.4) is 0 Å². The van der Waals surface area contributed by atoms with Gasteiger partial charge in [-0.3, -0.25) is 14.4 Å². The van der Waals surface area contributed by atoms with Crippen molar-refractivity contribution in [3.05, 3.63) is 64.5 Å². The molecule has 1 fully saturated rings. The normalized spacial score (nSPS) is 20.0. The minimum atomic E-state index is -0.789. The molecular weight excluding hydrogens is 435 g/mol. The molecule has 1 N–H and O–H groups in total. The summed E-state index contributed by atoms with van der Waals surface area (Å²) in [4.78, 5) is 40.3. The SMILES string of the molecule is COc1ccc2c(c1)CCN(C(=O)[C@@H]1CNC(=O)C1)[C@H]2C(=O)Cc1ccc(C(C)(C)C)c(F)c1. The summed E-state index contributed by atoms with van der Waals surface area (Å²) in [6.45, 7) is 6.47. The molecular formula is C27H31FN2O4. The molecule has 180 valence electrons. The van der Waals surface area contributed by atoms with E-state index in [2.05, 4.69) is 5.32 Å². The molecule has 2 aromatic rings. The fourth-order valence-corrected chi connectivity index (χ4v) is 4.90. The number of amides is 2. The Labute approximate surface area is 199 Å². The predicted molar refractivity (Wildman–Crippen MR) is 126 cm³/mol. The Kier molecular flexibility index (Phi) is 6.47. The lowest BCUT2D eigenvalue weighted by molar-refractivity contribution is -0.143. The van der Waals surface area contributed by atoms with Gasteiger partial charge in [0.15, 0.2) is 5.78 Å². The maximum atomic E-state index is 14.8. The summed E-state index contributed by atoms with van der Waals surface area (Å²) in [5, 5.41) is 2.70. The standard InChI is InChI=1S/C27H31FN2O4/c1-27(2,3)21-8-5-16(11-22(21)28)12-23(31)25-20-7-6-19(34-4)13-17(20)9-10-30(25)26(33)18-14-24(32)29-15-18/h5-8,11,13,18,25H,9-10,12,14-15H2,1-4H3,(H,29,32)/t18-,25+/m0/s1. The quantitative estimate of drug-likeness (QED) is 0.732. The minimum absolute atomic E-state index is 0.00308. The number of hydrogen-bond acceptors (Lipinski definition) is 4. The van der Waals surface area contributed by atoms with E-state index in [1.165, 1.54) is 6.07 Å². The van der Waals surface area contributed by atoms with E-state index in [1.54, 1.807) is 30.2 Å². The van der Waals surface area contributed by atoms with Crippen molar-refractivity contribution in [1.29, 1.82) is 0 Å². The topological polar surface area (TPSA) is 75.7 Å². The van der Waals surface area contributed by atoms with Crippen molar-refractivity contribution in [2.45, 2.75) is 51.5 Å². The molecule has 1 saturated heterocycles. The van der Waals surface area contributed by atoms with Crippen molar-refractivity contribution in [3.63, 3.8) is 0 Å². The van der Waals surface area contributed by atoms with Crippen LogP contribution in [0.5, 0.6) is 5.75 Å². The van der Waals surface area contributed by atoms with Crippen molar-refractivity contribution in [2.75, 3.05) is 20.2 Å². The lowest BCUT2D eigenvalue weighted by Crippen LogP contribution is -2.46. The average Bonchev–Trinajstić information content (AvgIpc) is 3.22. The van der Waals surface area contributed by atoms with Crippen molar-refractivity contribution in [2.24, 2.45) is 5.92 Å². The summed E-state index contributed by atoms with van der Waals surface area (Å²) < 4.78 is 20.1. The zero-order valence-electron chi connectivity index (χ0n) is 20.1. The number of nitrogens with zero attached hydrogens (tertiary/aromatic N) is 1. The van der Waals surface area contributed by atoms with Crippen LogP contribution in [0.15, 0.2) is 36.4 Å². The summed E-state index contributed by atoms with van der Waals surface area (Å²) in [6.07, 6.45) is 0.722.